The van der Waals surface area contributed by atoms with Crippen molar-refractivity contribution in [2.75, 3.05) is 0 Å². The van der Waals surface area contributed by atoms with E-state index in [2.05, 4.69) is 0 Å². The number of alkyl halides is 2. The van der Waals surface area contributed by atoms with E-state index in [1.165, 1.54) is 6.08 Å². The second kappa shape index (κ2) is 11.2. The molecule has 0 aromatic carbocycles. The SMILES string of the molecule is CCCCC(F)(F)C(=O)CC[C@H]1C=CC(=O)[C@@H]1CCCCCCC(N)=O. The van der Waals surface area contributed by atoms with Crippen LogP contribution in [-0.2, 0) is 14.4 Å². The number of nitrogens with two attached hydrogens (primary N) is 1. The minimum atomic E-state index is -3.25. The first-order chi connectivity index (χ1) is 12.3. The molecule has 0 fully saturated rings. The molecule has 1 aliphatic rings. The molecule has 0 heterocycles. The van der Waals surface area contributed by atoms with Crippen LogP contribution < -0.4 is 5.73 Å². The number of amides is 1. The van der Waals surface area contributed by atoms with Crippen LogP contribution in [0.2, 0.25) is 0 Å². The highest BCUT2D eigenvalue weighted by Gasteiger charge is 2.38. The minimum absolute atomic E-state index is 0.0253. The highest BCUT2D eigenvalue weighted by Crippen LogP contribution is 2.33. The lowest BCUT2D eigenvalue weighted by atomic mass is 9.85. The van der Waals surface area contributed by atoms with Crippen LogP contribution in [0, 0.1) is 11.8 Å². The van der Waals surface area contributed by atoms with Gasteiger partial charge in [-0.25, -0.2) is 0 Å². The molecule has 0 radical (unpaired) electrons. The second-order valence-electron chi connectivity index (χ2n) is 7.22. The van der Waals surface area contributed by atoms with Crippen molar-refractivity contribution in [3.8, 4) is 0 Å². The van der Waals surface area contributed by atoms with Gasteiger partial charge in [-0.1, -0.05) is 38.7 Å². The molecule has 0 aromatic rings. The van der Waals surface area contributed by atoms with Crippen molar-refractivity contribution in [3.63, 3.8) is 0 Å². The number of Topliss-reactive ketones (excluding diaryl/α,β-unsaturated/α-hetero) is 1. The Morgan fingerprint density at radius 2 is 1.77 bits per heavy atom. The lowest BCUT2D eigenvalue weighted by Crippen LogP contribution is -2.29. The highest BCUT2D eigenvalue weighted by molar-refractivity contribution is 5.94. The Bertz CT molecular complexity index is 517. The summed E-state index contributed by atoms with van der Waals surface area (Å²) in [6, 6.07) is 0. The number of allylic oxidation sites excluding steroid dienone is 2. The predicted octanol–water partition coefficient (Wildman–Crippen LogP) is 4.36. The minimum Gasteiger partial charge on any atom is -0.370 e. The average molecular weight is 371 g/mol. The molecule has 1 rings (SSSR count). The number of carbonyl (C=O) groups excluding carboxylic acids is 3. The van der Waals surface area contributed by atoms with Gasteiger partial charge in [0.2, 0.25) is 11.7 Å². The van der Waals surface area contributed by atoms with Gasteiger partial charge in [0, 0.05) is 25.2 Å². The van der Waals surface area contributed by atoms with Crippen LogP contribution in [0.5, 0.6) is 0 Å². The molecule has 0 spiro atoms. The first-order valence-electron chi connectivity index (χ1n) is 9.69. The Balaban J connectivity index is 2.36. The van der Waals surface area contributed by atoms with E-state index < -0.39 is 18.1 Å². The summed E-state index contributed by atoms with van der Waals surface area (Å²) in [5.74, 6) is -4.87. The van der Waals surface area contributed by atoms with Crippen LogP contribution in [0.15, 0.2) is 12.2 Å². The van der Waals surface area contributed by atoms with Gasteiger partial charge in [-0.05, 0) is 37.7 Å². The van der Waals surface area contributed by atoms with E-state index in [4.69, 9.17) is 5.73 Å². The lowest BCUT2D eigenvalue weighted by molar-refractivity contribution is -0.144. The van der Waals surface area contributed by atoms with Crippen LogP contribution in [0.4, 0.5) is 8.78 Å². The number of halogens is 2. The fourth-order valence-corrected chi connectivity index (χ4v) is 3.38. The van der Waals surface area contributed by atoms with Gasteiger partial charge < -0.3 is 5.73 Å². The molecule has 6 heteroatoms. The zero-order valence-corrected chi connectivity index (χ0v) is 15.6. The summed E-state index contributed by atoms with van der Waals surface area (Å²) in [5, 5.41) is 0. The number of rotatable bonds is 14. The van der Waals surface area contributed by atoms with Gasteiger partial charge in [0.15, 0.2) is 5.78 Å². The lowest BCUT2D eigenvalue weighted by Gasteiger charge is -2.19. The topological polar surface area (TPSA) is 77.2 Å². The third-order valence-corrected chi connectivity index (χ3v) is 5.04. The van der Waals surface area contributed by atoms with E-state index in [0.717, 1.165) is 25.7 Å². The molecule has 0 aromatic heterocycles. The monoisotopic (exact) mass is 371 g/mol. The van der Waals surface area contributed by atoms with Gasteiger partial charge in [0.05, 0.1) is 0 Å². The molecule has 148 valence electrons. The summed E-state index contributed by atoms with van der Waals surface area (Å²) < 4.78 is 27.5. The summed E-state index contributed by atoms with van der Waals surface area (Å²) in [4.78, 5) is 34.5. The smallest absolute Gasteiger partial charge is 0.305 e. The van der Waals surface area contributed by atoms with Gasteiger partial charge in [0.25, 0.3) is 0 Å². The Hall–Kier alpha value is -1.59. The number of unbranched alkanes of at least 4 members (excludes halogenated alkanes) is 4. The Morgan fingerprint density at radius 3 is 2.42 bits per heavy atom. The quantitative estimate of drug-likeness (QED) is 0.461. The molecule has 2 atom stereocenters. The zero-order valence-electron chi connectivity index (χ0n) is 15.6. The fraction of sp³-hybridized carbons (Fsp3) is 0.750. The molecule has 4 nitrogen and oxygen atoms in total. The maximum absolute atomic E-state index is 13.8. The predicted molar refractivity (Wildman–Crippen MR) is 96.7 cm³/mol. The first-order valence-corrected chi connectivity index (χ1v) is 9.69. The van der Waals surface area contributed by atoms with Gasteiger partial charge in [-0.2, -0.15) is 8.78 Å². The standard InChI is InChI=1S/C20H31F2NO3/c1-2-3-14-20(21,22)18(25)13-11-15-10-12-17(24)16(15)8-6-4-5-7-9-19(23)26/h10,12,15-16H,2-9,11,13-14H2,1H3,(H2,23,26)/t15-,16-/m1/s1. The Kier molecular flexibility index (Phi) is 9.66. The molecule has 2 N–H and O–H groups in total. The zero-order chi connectivity index (χ0) is 19.6. The van der Waals surface area contributed by atoms with Crippen LogP contribution in [0.3, 0.4) is 0 Å². The molecular formula is C20H31F2NO3. The van der Waals surface area contributed by atoms with E-state index in [1.54, 1.807) is 6.08 Å². The van der Waals surface area contributed by atoms with Crippen molar-refractivity contribution < 1.29 is 23.2 Å². The van der Waals surface area contributed by atoms with E-state index in [1.807, 2.05) is 6.92 Å². The second-order valence-corrected chi connectivity index (χ2v) is 7.22. The highest BCUT2D eigenvalue weighted by atomic mass is 19.3. The van der Waals surface area contributed by atoms with E-state index in [-0.39, 0.29) is 29.9 Å². The van der Waals surface area contributed by atoms with E-state index in [9.17, 15) is 23.2 Å². The molecule has 0 unspecified atom stereocenters. The normalized spacial score (nSPS) is 19.9. The fourth-order valence-electron chi connectivity index (χ4n) is 3.38. The maximum Gasteiger partial charge on any atom is 0.305 e. The first kappa shape index (κ1) is 22.5. The van der Waals surface area contributed by atoms with Gasteiger partial charge in [0.1, 0.15) is 0 Å². The maximum atomic E-state index is 13.8. The van der Waals surface area contributed by atoms with Crippen molar-refractivity contribution in [3.05, 3.63) is 12.2 Å². The van der Waals surface area contributed by atoms with Crippen molar-refractivity contribution in [2.24, 2.45) is 17.6 Å². The summed E-state index contributed by atoms with van der Waals surface area (Å²) in [5.41, 5.74) is 5.09. The summed E-state index contributed by atoms with van der Waals surface area (Å²) >= 11 is 0. The van der Waals surface area contributed by atoms with Crippen molar-refractivity contribution >= 4 is 17.5 Å². The van der Waals surface area contributed by atoms with Crippen LogP contribution in [0.1, 0.15) is 77.6 Å². The summed E-state index contributed by atoms with van der Waals surface area (Å²) in [6.45, 7) is 1.81. The average Bonchev–Trinajstić information content (AvgIpc) is 2.93. The van der Waals surface area contributed by atoms with Gasteiger partial charge in [-0.3, -0.25) is 14.4 Å². The Labute approximate surface area is 154 Å². The molecular weight excluding hydrogens is 340 g/mol. The van der Waals surface area contributed by atoms with Crippen molar-refractivity contribution in [1.29, 1.82) is 0 Å². The molecule has 26 heavy (non-hydrogen) atoms. The van der Waals surface area contributed by atoms with Gasteiger partial charge >= 0.3 is 5.92 Å². The molecule has 0 saturated heterocycles. The molecule has 1 amide bonds. The summed E-state index contributed by atoms with van der Waals surface area (Å²) in [7, 11) is 0. The van der Waals surface area contributed by atoms with Crippen molar-refractivity contribution in [1.82, 2.24) is 0 Å². The largest absolute Gasteiger partial charge is 0.370 e. The third-order valence-electron chi connectivity index (χ3n) is 5.04. The van der Waals surface area contributed by atoms with E-state index in [0.29, 0.717) is 32.1 Å². The van der Waals surface area contributed by atoms with Crippen molar-refractivity contribution in [2.45, 2.75) is 83.5 Å². The number of hydrogen-bond acceptors (Lipinski definition) is 3. The molecule has 0 aliphatic heterocycles. The molecule has 0 bridgehead atoms. The number of primary amides is 1. The van der Waals surface area contributed by atoms with Crippen LogP contribution in [-0.4, -0.2) is 23.4 Å². The summed E-state index contributed by atoms with van der Waals surface area (Å²) in [6.07, 6.45) is 8.39. The third kappa shape index (κ3) is 7.75. The van der Waals surface area contributed by atoms with Crippen LogP contribution in [0.25, 0.3) is 0 Å². The number of ketones is 2. The van der Waals surface area contributed by atoms with Gasteiger partial charge in [-0.15, -0.1) is 0 Å². The molecule has 1 aliphatic carbocycles. The van der Waals surface area contributed by atoms with E-state index >= 15 is 0 Å². The Morgan fingerprint density at radius 1 is 1.08 bits per heavy atom. The van der Waals surface area contributed by atoms with Crippen LogP contribution >= 0.6 is 0 Å². The number of carbonyl (C=O) groups is 3. The molecule has 0 saturated carbocycles. The number of hydrogen-bond donors (Lipinski definition) is 1.